The van der Waals surface area contributed by atoms with Gasteiger partial charge in [0.15, 0.2) is 0 Å². The van der Waals surface area contributed by atoms with Crippen LogP contribution < -0.4 is 10.6 Å². The molecule has 3 aromatic rings. The average molecular weight is 362 g/mol. The van der Waals surface area contributed by atoms with Crippen LogP contribution in [0.1, 0.15) is 18.2 Å². The summed E-state index contributed by atoms with van der Waals surface area (Å²) in [7, 11) is 0. The lowest BCUT2D eigenvalue weighted by atomic mass is 10.3. The van der Waals surface area contributed by atoms with Crippen LogP contribution in [0.25, 0.3) is 5.69 Å². The lowest BCUT2D eigenvalue weighted by Crippen LogP contribution is -2.14. The molecule has 0 amide bonds. The molecular formula is C17H17F3N6. The summed E-state index contributed by atoms with van der Waals surface area (Å²) in [5, 5.41) is 9.85. The maximum atomic E-state index is 13.0. The first-order chi connectivity index (χ1) is 12.4. The van der Waals surface area contributed by atoms with Crippen LogP contribution in [0.2, 0.25) is 0 Å². The Bertz CT molecular complexity index is 889. The number of anilines is 3. The molecule has 0 atom stereocenters. The first-order valence-electron chi connectivity index (χ1n) is 7.95. The Labute approximate surface area is 148 Å². The fourth-order valence-electron chi connectivity index (χ4n) is 2.43. The van der Waals surface area contributed by atoms with Gasteiger partial charge in [0.1, 0.15) is 11.4 Å². The summed E-state index contributed by atoms with van der Waals surface area (Å²) in [4.78, 5) is 7.74. The van der Waals surface area contributed by atoms with E-state index in [0.29, 0.717) is 12.2 Å². The van der Waals surface area contributed by atoms with E-state index in [9.17, 15) is 13.2 Å². The third-order valence-electron chi connectivity index (χ3n) is 3.70. The van der Waals surface area contributed by atoms with Crippen molar-refractivity contribution >= 4 is 17.5 Å². The molecule has 2 N–H and O–H groups in total. The summed E-state index contributed by atoms with van der Waals surface area (Å²) in [6, 6.07) is 9.50. The predicted octanol–water partition coefficient (Wildman–Crippen LogP) is 4.16. The number of nitrogens with one attached hydrogen (secondary N) is 2. The van der Waals surface area contributed by atoms with E-state index in [4.69, 9.17) is 0 Å². The van der Waals surface area contributed by atoms with Crippen molar-refractivity contribution < 1.29 is 13.2 Å². The fraction of sp³-hybridized carbons (Fsp3) is 0.235. The van der Waals surface area contributed by atoms with E-state index in [-0.39, 0.29) is 11.8 Å². The molecule has 0 saturated carbocycles. The topological polar surface area (TPSA) is 67.7 Å². The lowest BCUT2D eigenvalue weighted by molar-refractivity contribution is -0.137. The molecule has 3 rings (SSSR count). The first-order valence-corrected chi connectivity index (χ1v) is 7.95. The molecule has 0 unspecified atom stereocenters. The predicted molar refractivity (Wildman–Crippen MR) is 92.8 cm³/mol. The zero-order valence-electron chi connectivity index (χ0n) is 14.2. The molecule has 0 spiro atoms. The Morgan fingerprint density at radius 1 is 1.12 bits per heavy atom. The van der Waals surface area contributed by atoms with Gasteiger partial charge in [0.25, 0.3) is 0 Å². The van der Waals surface area contributed by atoms with Gasteiger partial charge in [-0.25, -0.2) is 9.67 Å². The molecule has 6 nitrogen and oxygen atoms in total. The first kappa shape index (κ1) is 17.7. The van der Waals surface area contributed by atoms with Crippen molar-refractivity contribution in [1.82, 2.24) is 19.7 Å². The summed E-state index contributed by atoms with van der Waals surface area (Å²) >= 11 is 0. The minimum Gasteiger partial charge on any atom is -0.370 e. The highest BCUT2D eigenvalue weighted by molar-refractivity contribution is 5.59. The third-order valence-corrected chi connectivity index (χ3v) is 3.70. The Morgan fingerprint density at radius 3 is 2.50 bits per heavy atom. The van der Waals surface area contributed by atoms with Crippen molar-refractivity contribution in [3.63, 3.8) is 0 Å². The molecule has 1 aromatic carbocycles. The van der Waals surface area contributed by atoms with Crippen molar-refractivity contribution in [3.8, 4) is 5.69 Å². The van der Waals surface area contributed by atoms with Crippen LogP contribution in [-0.2, 0) is 6.18 Å². The number of hydrogen-bond donors (Lipinski definition) is 2. The van der Waals surface area contributed by atoms with Crippen LogP contribution in [0.15, 0.2) is 42.7 Å². The quantitative estimate of drug-likeness (QED) is 0.713. The van der Waals surface area contributed by atoms with Crippen LogP contribution in [0.4, 0.5) is 30.6 Å². The van der Waals surface area contributed by atoms with Gasteiger partial charge in [0.2, 0.25) is 5.95 Å². The molecule has 26 heavy (non-hydrogen) atoms. The van der Waals surface area contributed by atoms with Gasteiger partial charge in [-0.1, -0.05) is 18.2 Å². The smallest absolute Gasteiger partial charge is 0.370 e. The highest BCUT2D eigenvalue weighted by Gasteiger charge is 2.35. The van der Waals surface area contributed by atoms with Gasteiger partial charge in [-0.05, 0) is 26.0 Å². The van der Waals surface area contributed by atoms with Gasteiger partial charge in [-0.3, -0.25) is 0 Å². The van der Waals surface area contributed by atoms with Crippen LogP contribution in [0.5, 0.6) is 0 Å². The maximum Gasteiger partial charge on any atom is 0.421 e. The van der Waals surface area contributed by atoms with Gasteiger partial charge < -0.3 is 10.6 Å². The minimum atomic E-state index is -4.52. The molecule has 0 aliphatic heterocycles. The van der Waals surface area contributed by atoms with E-state index >= 15 is 0 Å². The Morgan fingerprint density at radius 2 is 1.85 bits per heavy atom. The van der Waals surface area contributed by atoms with Gasteiger partial charge in [-0.15, -0.1) is 0 Å². The van der Waals surface area contributed by atoms with Crippen LogP contribution in [0, 0.1) is 6.92 Å². The van der Waals surface area contributed by atoms with Crippen molar-refractivity contribution in [3.05, 3.63) is 54.0 Å². The number of rotatable bonds is 5. The second-order valence-corrected chi connectivity index (χ2v) is 5.50. The number of hydrogen-bond acceptors (Lipinski definition) is 5. The van der Waals surface area contributed by atoms with Crippen molar-refractivity contribution in [2.24, 2.45) is 0 Å². The van der Waals surface area contributed by atoms with Crippen molar-refractivity contribution in [2.45, 2.75) is 20.0 Å². The SMILES string of the molecule is CCNc1nc(Nc2cnn(-c3ccccc3)c2C)ncc1C(F)(F)F. The highest BCUT2D eigenvalue weighted by atomic mass is 19.4. The molecule has 2 aromatic heterocycles. The van der Waals surface area contributed by atoms with Crippen molar-refractivity contribution in [2.75, 3.05) is 17.2 Å². The van der Waals surface area contributed by atoms with E-state index in [2.05, 4.69) is 25.7 Å². The number of benzene rings is 1. The summed E-state index contributed by atoms with van der Waals surface area (Å²) in [6.07, 6.45) is -2.18. The summed E-state index contributed by atoms with van der Waals surface area (Å²) in [5.74, 6) is -0.199. The average Bonchev–Trinajstić information content (AvgIpc) is 2.96. The monoisotopic (exact) mass is 362 g/mol. The molecule has 9 heteroatoms. The molecular weight excluding hydrogens is 345 g/mol. The highest BCUT2D eigenvalue weighted by Crippen LogP contribution is 2.34. The zero-order chi connectivity index (χ0) is 18.7. The zero-order valence-corrected chi connectivity index (χ0v) is 14.2. The molecule has 0 radical (unpaired) electrons. The Kier molecular flexibility index (Phi) is 4.79. The maximum absolute atomic E-state index is 13.0. The molecule has 0 fully saturated rings. The molecule has 0 saturated heterocycles. The summed E-state index contributed by atoms with van der Waals surface area (Å²) in [5.41, 5.74) is 1.36. The second kappa shape index (κ2) is 7.03. The molecule has 0 bridgehead atoms. The van der Waals surface area contributed by atoms with E-state index in [1.165, 1.54) is 0 Å². The fourth-order valence-corrected chi connectivity index (χ4v) is 2.43. The number of para-hydroxylation sites is 1. The lowest BCUT2D eigenvalue weighted by Gasteiger charge is -2.13. The number of nitrogens with zero attached hydrogens (tertiary/aromatic N) is 4. The Balaban J connectivity index is 1.90. The van der Waals surface area contributed by atoms with Gasteiger partial charge in [0.05, 0.1) is 23.3 Å². The van der Waals surface area contributed by atoms with Gasteiger partial charge in [-0.2, -0.15) is 23.3 Å². The van der Waals surface area contributed by atoms with Crippen molar-refractivity contribution in [1.29, 1.82) is 0 Å². The molecule has 136 valence electrons. The normalized spacial score (nSPS) is 11.4. The van der Waals surface area contributed by atoms with E-state index in [1.54, 1.807) is 17.8 Å². The van der Waals surface area contributed by atoms with E-state index < -0.39 is 11.7 Å². The van der Waals surface area contributed by atoms with E-state index in [1.807, 2.05) is 37.3 Å². The standard InChI is InChI=1S/C17H17F3N6/c1-3-21-15-13(17(18,19)20)9-22-16(25-15)24-14-10-23-26(11(14)2)12-7-5-4-6-8-12/h4-10H,3H2,1-2H3,(H2,21,22,24,25). The second-order valence-electron chi connectivity index (χ2n) is 5.50. The molecule has 0 aliphatic carbocycles. The number of halogens is 3. The van der Waals surface area contributed by atoms with Gasteiger partial charge in [0, 0.05) is 12.7 Å². The number of alkyl halides is 3. The Hall–Kier alpha value is -3.10. The van der Waals surface area contributed by atoms with Crippen LogP contribution in [0.3, 0.4) is 0 Å². The number of aromatic nitrogens is 4. The largest absolute Gasteiger partial charge is 0.421 e. The third kappa shape index (κ3) is 3.61. The van der Waals surface area contributed by atoms with Gasteiger partial charge >= 0.3 is 6.18 Å². The summed E-state index contributed by atoms with van der Waals surface area (Å²) < 4.78 is 40.8. The van der Waals surface area contributed by atoms with Crippen LogP contribution in [-0.4, -0.2) is 26.3 Å². The van der Waals surface area contributed by atoms with Crippen LogP contribution >= 0.6 is 0 Å². The van der Waals surface area contributed by atoms with E-state index in [0.717, 1.165) is 17.6 Å². The molecule has 2 heterocycles. The summed E-state index contributed by atoms with van der Waals surface area (Å²) in [6.45, 7) is 3.85. The molecule has 0 aliphatic rings. The minimum absolute atomic E-state index is 0.0599.